The molecule has 0 aromatic carbocycles. The quantitative estimate of drug-likeness (QED) is 0.627. The zero-order valence-corrected chi connectivity index (χ0v) is 11.1. The second kappa shape index (κ2) is 3.04. The Balaban J connectivity index is 2.64. The van der Waals surface area contributed by atoms with Gasteiger partial charge in [0.15, 0.2) is 0 Å². The predicted molar refractivity (Wildman–Crippen MR) is 43.7 cm³/mol. The van der Waals surface area contributed by atoms with Crippen LogP contribution in [0.5, 0.6) is 0 Å². The molecule has 0 nitrogen and oxygen atoms in total. The van der Waals surface area contributed by atoms with E-state index in [1.165, 1.54) is 0 Å². The first-order chi connectivity index (χ1) is 4.11. The van der Waals surface area contributed by atoms with Crippen LogP contribution in [0.25, 0.3) is 0 Å². The molecule has 0 bridgehead atoms. The third kappa shape index (κ3) is 2.34. The first-order valence-electron chi connectivity index (χ1n) is 2.83. The van der Waals surface area contributed by atoms with Gasteiger partial charge in [-0.1, -0.05) is 0 Å². The van der Waals surface area contributed by atoms with Crippen LogP contribution >= 0.6 is 17.0 Å². The summed E-state index contributed by atoms with van der Waals surface area (Å²) in [6.07, 6.45) is 8.28. The second-order valence-corrected chi connectivity index (χ2v) is 35.9. The Kier molecular flexibility index (Phi) is 2.79. The van der Waals surface area contributed by atoms with Crippen molar-refractivity contribution in [2.24, 2.45) is 0 Å². The molecule has 0 aromatic rings. The molecule has 0 aromatic heterocycles. The van der Waals surface area contributed by atoms with Crippen molar-refractivity contribution in [3.05, 3.63) is 24.3 Å². The van der Waals surface area contributed by atoms with Crippen LogP contribution in [0.4, 0.5) is 0 Å². The van der Waals surface area contributed by atoms with Gasteiger partial charge in [0.05, 0.1) is 0 Å². The van der Waals surface area contributed by atoms with Crippen molar-refractivity contribution in [3.8, 4) is 0 Å². The molecule has 0 spiro atoms. The van der Waals surface area contributed by atoms with Crippen LogP contribution in [0, 0.1) is 0 Å². The summed E-state index contributed by atoms with van der Waals surface area (Å²) >= 11 is -2.48. The Morgan fingerprint density at radius 1 is 1.22 bits per heavy atom. The van der Waals surface area contributed by atoms with Gasteiger partial charge in [0, 0.05) is 0 Å². The van der Waals surface area contributed by atoms with E-state index in [0.29, 0.717) is 3.63 Å². The van der Waals surface area contributed by atoms with Crippen molar-refractivity contribution in [2.45, 2.75) is 3.63 Å². The molecular formula is C5H8Cl2SiZr. The average Bonchev–Trinajstić information content (AvgIpc) is 2.08. The van der Waals surface area contributed by atoms with E-state index in [4.69, 9.17) is 17.0 Å². The monoisotopic (exact) mass is 256 g/mol. The van der Waals surface area contributed by atoms with E-state index >= 15 is 0 Å². The summed E-state index contributed by atoms with van der Waals surface area (Å²) in [6.45, 7) is 0. The zero-order chi connectivity index (χ0) is 6.91. The first-order valence-corrected chi connectivity index (χ1v) is 19.0. The van der Waals surface area contributed by atoms with Crippen LogP contribution in [-0.4, -0.2) is 7.37 Å². The van der Waals surface area contributed by atoms with Gasteiger partial charge >= 0.3 is 69.4 Å². The molecule has 0 atom stereocenters. The van der Waals surface area contributed by atoms with E-state index in [1.54, 1.807) is 0 Å². The summed E-state index contributed by atoms with van der Waals surface area (Å²) in [5.41, 5.74) is 0. The summed E-state index contributed by atoms with van der Waals surface area (Å²) in [5.74, 6) is 0. The number of halogens is 2. The van der Waals surface area contributed by atoms with E-state index in [1.807, 2.05) is 12.2 Å². The Labute approximate surface area is 68.8 Å². The summed E-state index contributed by atoms with van der Waals surface area (Å²) in [7, 11) is 13.2. The van der Waals surface area contributed by atoms with Crippen LogP contribution in [-0.2, 0) is 17.0 Å². The zero-order valence-electron chi connectivity index (χ0n) is 5.14. The topological polar surface area (TPSA) is 0 Å². The molecule has 4 heteroatoms. The number of allylic oxidation sites excluding steroid dienone is 4. The molecule has 1 aliphatic carbocycles. The molecule has 0 saturated carbocycles. The van der Waals surface area contributed by atoms with E-state index in [-0.39, 0.29) is 0 Å². The number of rotatable bonds is 1. The third-order valence-corrected chi connectivity index (χ3v) is 12.1. The SMILES string of the molecule is [SiH3][Zr]([Cl])([Cl])[CH]1C=CC=C1. The normalized spacial score (nSPS) is 19.8. The molecule has 9 heavy (non-hydrogen) atoms. The van der Waals surface area contributed by atoms with Crippen LogP contribution in [0.15, 0.2) is 24.3 Å². The van der Waals surface area contributed by atoms with Crippen molar-refractivity contribution in [3.63, 3.8) is 0 Å². The van der Waals surface area contributed by atoms with Gasteiger partial charge in [0.25, 0.3) is 0 Å². The van der Waals surface area contributed by atoms with Gasteiger partial charge in [0.2, 0.25) is 0 Å². The molecule has 0 saturated heterocycles. The Bertz CT molecular complexity index is 147. The summed E-state index contributed by atoms with van der Waals surface area (Å²) < 4.78 is 0.453. The molecule has 0 amide bonds. The molecule has 0 fully saturated rings. The van der Waals surface area contributed by atoms with Gasteiger partial charge in [-0.05, 0) is 0 Å². The molecule has 1 rings (SSSR count). The molecule has 0 N–H and O–H groups in total. The summed E-state index contributed by atoms with van der Waals surface area (Å²) in [5, 5.41) is 0. The summed E-state index contributed by atoms with van der Waals surface area (Å²) in [6, 6.07) is 0. The molecular weight excluding hydrogens is 250 g/mol. The molecule has 1 aliphatic rings. The molecule has 0 heterocycles. The minimum absolute atomic E-state index is 0.453. The van der Waals surface area contributed by atoms with Crippen LogP contribution in [0.1, 0.15) is 0 Å². The predicted octanol–water partition coefficient (Wildman–Crippen LogP) is 1.64. The van der Waals surface area contributed by atoms with Crippen LogP contribution < -0.4 is 0 Å². The van der Waals surface area contributed by atoms with Crippen molar-refractivity contribution in [1.82, 2.24) is 0 Å². The summed E-state index contributed by atoms with van der Waals surface area (Å²) in [4.78, 5) is 0. The Hall–Kier alpha value is 1.16. The Morgan fingerprint density at radius 3 is 1.89 bits per heavy atom. The molecule has 0 radical (unpaired) electrons. The Morgan fingerprint density at radius 2 is 1.67 bits per heavy atom. The maximum absolute atomic E-state index is 6.07. The minimum atomic E-state index is -2.48. The molecule has 0 aliphatic heterocycles. The van der Waals surface area contributed by atoms with Gasteiger partial charge in [-0.3, -0.25) is 0 Å². The van der Waals surface area contributed by atoms with E-state index in [9.17, 15) is 0 Å². The van der Waals surface area contributed by atoms with Gasteiger partial charge in [-0.25, -0.2) is 0 Å². The standard InChI is InChI=1S/C5H5.2ClH.H3Si.Zr/c1-2-4-5-3-1;;;;/h1-5H;2*1H;1H3;/q;;;;+2/p-2. The molecule has 0 unspecified atom stereocenters. The van der Waals surface area contributed by atoms with Gasteiger partial charge in [0.1, 0.15) is 0 Å². The van der Waals surface area contributed by atoms with Crippen molar-refractivity contribution in [2.75, 3.05) is 0 Å². The van der Waals surface area contributed by atoms with E-state index < -0.39 is 17.0 Å². The van der Waals surface area contributed by atoms with Gasteiger partial charge in [-0.2, -0.15) is 0 Å². The number of hydrogen-bond acceptors (Lipinski definition) is 0. The van der Waals surface area contributed by atoms with Gasteiger partial charge in [-0.15, -0.1) is 0 Å². The van der Waals surface area contributed by atoms with Crippen LogP contribution in [0.2, 0.25) is 3.63 Å². The fourth-order valence-electron chi connectivity index (χ4n) is 0.770. The van der Waals surface area contributed by atoms with E-state index in [2.05, 4.69) is 12.2 Å². The second-order valence-electron chi connectivity index (χ2n) is 2.25. The van der Waals surface area contributed by atoms with E-state index in [0.717, 1.165) is 7.37 Å². The fourth-order valence-corrected chi connectivity index (χ4v) is 6.98. The van der Waals surface area contributed by atoms with Gasteiger partial charge < -0.3 is 0 Å². The third-order valence-electron chi connectivity index (χ3n) is 1.33. The maximum atomic E-state index is 6.07. The fraction of sp³-hybridized carbons (Fsp3) is 0.200. The van der Waals surface area contributed by atoms with Crippen molar-refractivity contribution >= 4 is 24.4 Å². The molecule has 50 valence electrons. The van der Waals surface area contributed by atoms with Crippen molar-refractivity contribution < 1.29 is 17.0 Å². The average molecular weight is 258 g/mol. The first kappa shape index (κ1) is 8.26. The number of hydrogen-bond donors (Lipinski definition) is 0. The van der Waals surface area contributed by atoms with Crippen molar-refractivity contribution in [1.29, 1.82) is 0 Å². The van der Waals surface area contributed by atoms with Crippen LogP contribution in [0.3, 0.4) is 0 Å².